The zero-order valence-electron chi connectivity index (χ0n) is 9.63. The van der Waals surface area contributed by atoms with Crippen molar-refractivity contribution in [1.82, 2.24) is 4.90 Å². The molecule has 1 aliphatic rings. The summed E-state index contributed by atoms with van der Waals surface area (Å²) in [4.78, 5) is 2.35. The maximum atomic E-state index is 13.7. The van der Waals surface area contributed by atoms with Crippen LogP contribution in [0, 0.1) is 5.82 Å². The van der Waals surface area contributed by atoms with Crippen molar-refractivity contribution < 1.29 is 4.39 Å². The minimum atomic E-state index is -0.198. The molecule has 1 aromatic rings. The van der Waals surface area contributed by atoms with Crippen molar-refractivity contribution in [3.8, 4) is 0 Å². The van der Waals surface area contributed by atoms with Crippen LogP contribution in [0.15, 0.2) is 18.2 Å². The van der Waals surface area contributed by atoms with Crippen molar-refractivity contribution in [2.24, 2.45) is 0 Å². The van der Waals surface area contributed by atoms with Crippen molar-refractivity contribution in [2.75, 3.05) is 11.9 Å². The van der Waals surface area contributed by atoms with Crippen LogP contribution < -0.4 is 0 Å². The number of benzene rings is 1. The summed E-state index contributed by atoms with van der Waals surface area (Å²) in [5.41, 5.74) is 0.738. The van der Waals surface area contributed by atoms with Crippen LogP contribution in [0.25, 0.3) is 0 Å². The van der Waals surface area contributed by atoms with Gasteiger partial charge in [0.2, 0.25) is 0 Å². The highest BCUT2D eigenvalue weighted by atomic mass is 79.9. The lowest BCUT2D eigenvalue weighted by Crippen LogP contribution is -2.40. The normalized spacial score (nSPS) is 21.7. The smallest absolute Gasteiger partial charge is 0.129 e. The quantitative estimate of drug-likeness (QED) is 0.753. The molecule has 17 heavy (non-hydrogen) atoms. The summed E-state index contributed by atoms with van der Waals surface area (Å²) >= 11 is 9.29. The van der Waals surface area contributed by atoms with Gasteiger partial charge in [-0.1, -0.05) is 40.0 Å². The first kappa shape index (κ1) is 13.3. The van der Waals surface area contributed by atoms with Gasteiger partial charge in [-0.25, -0.2) is 4.39 Å². The molecule has 0 amide bonds. The minimum Gasteiger partial charge on any atom is -0.295 e. The monoisotopic (exact) mass is 319 g/mol. The zero-order valence-corrected chi connectivity index (χ0v) is 12.0. The molecule has 1 heterocycles. The number of hydrogen-bond donors (Lipinski definition) is 0. The summed E-state index contributed by atoms with van der Waals surface area (Å²) in [6.45, 7) is 1.73. The average Bonchev–Trinajstić information content (AvgIpc) is 2.33. The summed E-state index contributed by atoms with van der Waals surface area (Å²) in [5.74, 6) is -0.198. The molecule has 1 atom stereocenters. The van der Waals surface area contributed by atoms with E-state index in [1.54, 1.807) is 12.1 Å². The van der Waals surface area contributed by atoms with Crippen molar-refractivity contribution in [2.45, 2.75) is 31.8 Å². The molecule has 0 radical (unpaired) electrons. The van der Waals surface area contributed by atoms with Crippen LogP contribution in [0.1, 0.15) is 24.8 Å². The van der Waals surface area contributed by atoms with E-state index >= 15 is 0 Å². The Balaban J connectivity index is 2.08. The predicted molar refractivity (Wildman–Crippen MR) is 73.3 cm³/mol. The molecule has 4 heteroatoms. The number of rotatable bonds is 3. The van der Waals surface area contributed by atoms with Gasteiger partial charge in [0.25, 0.3) is 0 Å². The molecule has 0 bridgehead atoms. The number of hydrogen-bond acceptors (Lipinski definition) is 1. The van der Waals surface area contributed by atoms with Crippen LogP contribution in [0.5, 0.6) is 0 Å². The molecule has 0 aromatic heterocycles. The van der Waals surface area contributed by atoms with Gasteiger partial charge in [0.15, 0.2) is 0 Å². The van der Waals surface area contributed by atoms with E-state index in [2.05, 4.69) is 20.8 Å². The van der Waals surface area contributed by atoms with Gasteiger partial charge in [-0.2, -0.15) is 0 Å². The molecule has 1 aromatic carbocycles. The highest BCUT2D eigenvalue weighted by Crippen LogP contribution is 2.23. The molecule has 2 rings (SSSR count). The van der Waals surface area contributed by atoms with Gasteiger partial charge in [-0.05, 0) is 31.5 Å². The first-order valence-electron chi connectivity index (χ1n) is 5.94. The van der Waals surface area contributed by atoms with E-state index in [9.17, 15) is 4.39 Å². The van der Waals surface area contributed by atoms with E-state index in [-0.39, 0.29) is 5.82 Å². The number of piperidine rings is 1. The SMILES string of the molecule is Fc1cc(Cl)ccc1CN1CCCCC1CBr. The van der Waals surface area contributed by atoms with E-state index < -0.39 is 0 Å². The summed E-state index contributed by atoms with van der Waals surface area (Å²) in [7, 11) is 0. The highest BCUT2D eigenvalue weighted by Gasteiger charge is 2.22. The van der Waals surface area contributed by atoms with Crippen LogP contribution in [-0.2, 0) is 6.54 Å². The lowest BCUT2D eigenvalue weighted by atomic mass is 10.0. The van der Waals surface area contributed by atoms with Crippen molar-refractivity contribution >= 4 is 27.5 Å². The van der Waals surface area contributed by atoms with Crippen molar-refractivity contribution in [1.29, 1.82) is 0 Å². The third-order valence-corrected chi connectivity index (χ3v) is 4.30. The Morgan fingerprint density at radius 2 is 2.24 bits per heavy atom. The summed E-state index contributed by atoms with van der Waals surface area (Å²) < 4.78 is 13.7. The van der Waals surface area contributed by atoms with Gasteiger partial charge in [0.05, 0.1) is 0 Å². The maximum absolute atomic E-state index is 13.7. The minimum absolute atomic E-state index is 0.198. The second kappa shape index (κ2) is 6.17. The Labute approximate surface area is 115 Å². The van der Waals surface area contributed by atoms with Gasteiger partial charge < -0.3 is 0 Å². The topological polar surface area (TPSA) is 3.24 Å². The van der Waals surface area contributed by atoms with Gasteiger partial charge in [-0.15, -0.1) is 0 Å². The fraction of sp³-hybridized carbons (Fsp3) is 0.538. The molecule has 0 aliphatic carbocycles. The Bertz CT molecular complexity index is 386. The van der Waals surface area contributed by atoms with E-state index in [1.807, 2.05) is 0 Å². The fourth-order valence-electron chi connectivity index (χ4n) is 2.31. The molecule has 0 saturated carbocycles. The largest absolute Gasteiger partial charge is 0.295 e. The highest BCUT2D eigenvalue weighted by molar-refractivity contribution is 9.09. The summed E-state index contributed by atoms with van der Waals surface area (Å²) in [5, 5.41) is 1.42. The standard InChI is InChI=1S/C13H16BrClFN/c14-8-12-3-1-2-6-17(12)9-10-4-5-11(15)7-13(10)16/h4-5,7,12H,1-3,6,8-9H2. The van der Waals surface area contributed by atoms with Gasteiger partial charge >= 0.3 is 0 Å². The molecule has 1 unspecified atom stereocenters. The lowest BCUT2D eigenvalue weighted by Gasteiger charge is -2.34. The zero-order chi connectivity index (χ0) is 12.3. The third kappa shape index (κ3) is 3.43. The first-order chi connectivity index (χ1) is 8.20. The molecular formula is C13H16BrClFN. The van der Waals surface area contributed by atoms with Crippen LogP contribution in [-0.4, -0.2) is 22.8 Å². The van der Waals surface area contributed by atoms with Crippen LogP contribution in [0.4, 0.5) is 4.39 Å². The third-order valence-electron chi connectivity index (χ3n) is 3.32. The molecule has 0 N–H and O–H groups in total. The molecule has 1 saturated heterocycles. The molecule has 1 nitrogen and oxygen atoms in total. The van der Waals surface area contributed by atoms with Gasteiger partial charge in [0.1, 0.15) is 5.82 Å². The number of likely N-dealkylation sites (tertiary alicyclic amines) is 1. The molecule has 1 fully saturated rings. The summed E-state index contributed by atoms with van der Waals surface area (Å²) in [6.07, 6.45) is 3.68. The van der Waals surface area contributed by atoms with Gasteiger partial charge in [-0.3, -0.25) is 4.90 Å². The Kier molecular flexibility index (Phi) is 4.83. The second-order valence-electron chi connectivity index (χ2n) is 4.51. The Morgan fingerprint density at radius 3 is 2.94 bits per heavy atom. The first-order valence-corrected chi connectivity index (χ1v) is 7.44. The maximum Gasteiger partial charge on any atom is 0.129 e. The van der Waals surface area contributed by atoms with Crippen LogP contribution >= 0.6 is 27.5 Å². The fourth-order valence-corrected chi connectivity index (χ4v) is 3.20. The summed E-state index contributed by atoms with van der Waals surface area (Å²) in [6, 6.07) is 5.47. The molecule has 0 spiro atoms. The number of alkyl halides is 1. The predicted octanol–water partition coefficient (Wildman–Crippen LogP) is 4.23. The lowest BCUT2D eigenvalue weighted by molar-refractivity contribution is 0.155. The average molecular weight is 321 g/mol. The van der Waals surface area contributed by atoms with Crippen LogP contribution in [0.3, 0.4) is 0 Å². The number of nitrogens with zero attached hydrogens (tertiary/aromatic N) is 1. The Hall–Kier alpha value is -0.120. The van der Waals surface area contributed by atoms with Crippen molar-refractivity contribution in [3.05, 3.63) is 34.6 Å². The van der Waals surface area contributed by atoms with E-state index in [0.29, 0.717) is 17.6 Å². The Morgan fingerprint density at radius 1 is 1.41 bits per heavy atom. The van der Waals surface area contributed by atoms with E-state index in [1.165, 1.54) is 25.3 Å². The second-order valence-corrected chi connectivity index (χ2v) is 5.59. The molecular weight excluding hydrogens is 305 g/mol. The van der Waals surface area contributed by atoms with Crippen molar-refractivity contribution in [3.63, 3.8) is 0 Å². The van der Waals surface area contributed by atoms with Gasteiger partial charge in [0, 0.05) is 28.5 Å². The van der Waals surface area contributed by atoms with E-state index in [0.717, 1.165) is 17.4 Å². The molecule has 1 aliphatic heterocycles. The van der Waals surface area contributed by atoms with E-state index in [4.69, 9.17) is 11.6 Å². The molecule has 94 valence electrons. The number of halogens is 3. The van der Waals surface area contributed by atoms with Crippen LogP contribution in [0.2, 0.25) is 5.02 Å².